The van der Waals surface area contributed by atoms with Crippen LogP contribution in [-0.4, -0.2) is 11.8 Å². The number of carbonyl (C=O) groups excluding carboxylic acids is 2. The van der Waals surface area contributed by atoms with Crippen LogP contribution in [0.4, 0.5) is 5.69 Å². The summed E-state index contributed by atoms with van der Waals surface area (Å²) in [6.07, 6.45) is 0. The quantitative estimate of drug-likeness (QED) is 0.630. The van der Waals surface area contributed by atoms with E-state index < -0.39 is 0 Å². The molecule has 0 aliphatic carbocycles. The van der Waals surface area contributed by atoms with Crippen molar-refractivity contribution in [1.29, 1.82) is 0 Å². The molecule has 112 valence electrons. The van der Waals surface area contributed by atoms with Crippen molar-refractivity contribution in [3.05, 3.63) is 76.9 Å². The summed E-state index contributed by atoms with van der Waals surface area (Å²) < 4.78 is 0. The van der Waals surface area contributed by atoms with Gasteiger partial charge in [0.2, 0.25) is 0 Å². The van der Waals surface area contributed by atoms with Gasteiger partial charge >= 0.3 is 0 Å². The molecule has 4 rings (SSSR count). The molecule has 23 heavy (non-hydrogen) atoms. The third-order valence-electron chi connectivity index (χ3n) is 4.59. The average Bonchev–Trinajstić information content (AvgIpc) is 2.56. The van der Waals surface area contributed by atoms with E-state index in [2.05, 4.69) is 0 Å². The minimum Gasteiger partial charge on any atom is -0.268 e. The van der Waals surface area contributed by atoms with E-state index in [-0.39, 0.29) is 11.8 Å². The maximum atomic E-state index is 13.0. The van der Waals surface area contributed by atoms with Crippen molar-refractivity contribution in [1.82, 2.24) is 0 Å². The number of benzene rings is 3. The zero-order valence-corrected chi connectivity index (χ0v) is 13.0. The molecule has 0 N–H and O–H groups in total. The molecule has 2 amide bonds. The standard InChI is InChI=1S/C20H15NO2/c1-12-6-3-11-17(13(12)2)21-19(22)15-9-4-7-14-8-5-10-16(18(14)15)20(21)23/h3-11H,1-2H3. The molecule has 0 spiro atoms. The van der Waals surface area contributed by atoms with Crippen LogP contribution in [0.3, 0.4) is 0 Å². The van der Waals surface area contributed by atoms with Gasteiger partial charge in [0.1, 0.15) is 0 Å². The maximum absolute atomic E-state index is 13.0. The lowest BCUT2D eigenvalue weighted by Gasteiger charge is -2.28. The van der Waals surface area contributed by atoms with Crippen LogP contribution in [0.15, 0.2) is 54.6 Å². The first-order valence-electron chi connectivity index (χ1n) is 7.56. The Bertz CT molecular complexity index is 937. The second-order valence-corrected chi connectivity index (χ2v) is 5.87. The zero-order valence-electron chi connectivity index (χ0n) is 13.0. The number of hydrogen-bond acceptors (Lipinski definition) is 2. The van der Waals surface area contributed by atoms with E-state index in [0.29, 0.717) is 16.8 Å². The smallest absolute Gasteiger partial charge is 0.265 e. The summed E-state index contributed by atoms with van der Waals surface area (Å²) >= 11 is 0. The van der Waals surface area contributed by atoms with Gasteiger partial charge < -0.3 is 0 Å². The third kappa shape index (κ3) is 1.83. The molecule has 0 saturated carbocycles. The number of amides is 2. The molecule has 0 bridgehead atoms. The minimum atomic E-state index is -0.256. The Kier molecular flexibility index (Phi) is 2.85. The largest absolute Gasteiger partial charge is 0.268 e. The van der Waals surface area contributed by atoms with Gasteiger partial charge in [-0.1, -0.05) is 36.4 Å². The summed E-state index contributed by atoms with van der Waals surface area (Å²) in [5.74, 6) is -0.513. The molecule has 0 aromatic heterocycles. The highest BCUT2D eigenvalue weighted by Gasteiger charge is 2.34. The van der Waals surface area contributed by atoms with Crippen LogP contribution in [-0.2, 0) is 0 Å². The van der Waals surface area contributed by atoms with Crippen LogP contribution < -0.4 is 4.90 Å². The molecule has 0 unspecified atom stereocenters. The molecular weight excluding hydrogens is 286 g/mol. The van der Waals surface area contributed by atoms with Crippen molar-refractivity contribution in [2.24, 2.45) is 0 Å². The van der Waals surface area contributed by atoms with E-state index in [4.69, 9.17) is 0 Å². The molecule has 3 nitrogen and oxygen atoms in total. The number of nitrogens with zero attached hydrogens (tertiary/aromatic N) is 1. The molecule has 0 atom stereocenters. The zero-order chi connectivity index (χ0) is 16.1. The highest BCUT2D eigenvalue weighted by atomic mass is 16.2. The number of rotatable bonds is 1. The first kappa shape index (κ1) is 13.7. The lowest BCUT2D eigenvalue weighted by atomic mass is 9.93. The molecule has 1 aliphatic rings. The van der Waals surface area contributed by atoms with Crippen LogP contribution in [0.1, 0.15) is 31.8 Å². The van der Waals surface area contributed by atoms with E-state index >= 15 is 0 Å². The molecule has 3 aromatic rings. The van der Waals surface area contributed by atoms with Crippen molar-refractivity contribution in [3.8, 4) is 0 Å². The van der Waals surface area contributed by atoms with Gasteiger partial charge in [0, 0.05) is 16.5 Å². The third-order valence-corrected chi connectivity index (χ3v) is 4.59. The monoisotopic (exact) mass is 301 g/mol. The fourth-order valence-electron chi connectivity index (χ4n) is 3.23. The van der Waals surface area contributed by atoms with Crippen LogP contribution in [0.2, 0.25) is 0 Å². The van der Waals surface area contributed by atoms with Gasteiger partial charge in [0.25, 0.3) is 11.8 Å². The predicted octanol–water partition coefficient (Wildman–Crippen LogP) is 4.26. The number of anilines is 1. The number of imide groups is 1. The summed E-state index contributed by atoms with van der Waals surface area (Å²) in [7, 11) is 0. The first-order valence-corrected chi connectivity index (χ1v) is 7.56. The van der Waals surface area contributed by atoms with Crippen molar-refractivity contribution in [2.75, 3.05) is 4.90 Å². The van der Waals surface area contributed by atoms with E-state index in [1.54, 1.807) is 12.1 Å². The van der Waals surface area contributed by atoms with Gasteiger partial charge in [-0.2, -0.15) is 0 Å². The lowest BCUT2D eigenvalue weighted by molar-refractivity contribution is 0.0893. The fourth-order valence-corrected chi connectivity index (χ4v) is 3.23. The molecule has 1 heterocycles. The fraction of sp³-hybridized carbons (Fsp3) is 0.100. The Hall–Kier alpha value is -2.94. The van der Waals surface area contributed by atoms with Crippen molar-refractivity contribution < 1.29 is 9.59 Å². The molecular formula is C20H15NO2. The number of aryl methyl sites for hydroxylation is 1. The van der Waals surface area contributed by atoms with Gasteiger partial charge in [0.15, 0.2) is 0 Å². The van der Waals surface area contributed by atoms with E-state index in [9.17, 15) is 9.59 Å². The SMILES string of the molecule is Cc1cccc(N2C(=O)c3cccc4cccc(c34)C2=O)c1C. The molecule has 0 fully saturated rings. The molecule has 0 saturated heterocycles. The van der Waals surface area contributed by atoms with E-state index in [0.717, 1.165) is 21.9 Å². The number of carbonyl (C=O) groups is 2. The lowest BCUT2D eigenvalue weighted by Crippen LogP contribution is -2.40. The Balaban J connectivity index is 2.02. The van der Waals surface area contributed by atoms with Crippen LogP contribution in [0.25, 0.3) is 10.8 Å². The van der Waals surface area contributed by atoms with Gasteiger partial charge in [0.05, 0.1) is 5.69 Å². The van der Waals surface area contributed by atoms with Crippen LogP contribution >= 0.6 is 0 Å². The van der Waals surface area contributed by atoms with Crippen molar-refractivity contribution in [3.63, 3.8) is 0 Å². The van der Waals surface area contributed by atoms with Gasteiger partial charge in [-0.05, 0) is 48.6 Å². The van der Waals surface area contributed by atoms with Crippen LogP contribution in [0.5, 0.6) is 0 Å². The number of hydrogen-bond donors (Lipinski definition) is 0. The maximum Gasteiger partial charge on any atom is 0.265 e. The van der Waals surface area contributed by atoms with Crippen LogP contribution in [0, 0.1) is 13.8 Å². The second kappa shape index (κ2) is 4.78. The highest BCUT2D eigenvalue weighted by molar-refractivity contribution is 6.35. The summed E-state index contributed by atoms with van der Waals surface area (Å²) in [5.41, 5.74) is 3.82. The topological polar surface area (TPSA) is 37.4 Å². The van der Waals surface area contributed by atoms with Crippen molar-refractivity contribution >= 4 is 28.3 Å². The summed E-state index contributed by atoms with van der Waals surface area (Å²) in [5, 5.41) is 1.67. The van der Waals surface area contributed by atoms with Gasteiger partial charge in [-0.3, -0.25) is 9.59 Å². The molecule has 3 heteroatoms. The van der Waals surface area contributed by atoms with Gasteiger partial charge in [-0.25, -0.2) is 4.90 Å². The minimum absolute atomic E-state index is 0.256. The summed E-state index contributed by atoms with van der Waals surface area (Å²) in [6, 6.07) is 16.8. The Morgan fingerprint density at radius 3 is 1.91 bits per heavy atom. The van der Waals surface area contributed by atoms with E-state index in [1.165, 1.54) is 4.90 Å². The Morgan fingerprint density at radius 1 is 0.739 bits per heavy atom. The molecule has 0 radical (unpaired) electrons. The van der Waals surface area contributed by atoms with Crippen molar-refractivity contribution in [2.45, 2.75) is 13.8 Å². The normalized spacial score (nSPS) is 13.7. The predicted molar refractivity (Wildman–Crippen MR) is 91.0 cm³/mol. The van der Waals surface area contributed by atoms with Gasteiger partial charge in [-0.15, -0.1) is 0 Å². The highest BCUT2D eigenvalue weighted by Crippen LogP contribution is 2.34. The molecule has 1 aliphatic heterocycles. The average molecular weight is 301 g/mol. The summed E-state index contributed by atoms with van der Waals surface area (Å²) in [4.78, 5) is 27.3. The molecule has 3 aromatic carbocycles. The van der Waals surface area contributed by atoms with E-state index in [1.807, 2.05) is 56.3 Å². The Morgan fingerprint density at radius 2 is 1.30 bits per heavy atom. The Labute approximate surface area is 134 Å². The second-order valence-electron chi connectivity index (χ2n) is 5.87. The summed E-state index contributed by atoms with van der Waals surface area (Å²) in [6.45, 7) is 3.92. The first-order chi connectivity index (χ1) is 11.1.